The molecule has 5 heteroatoms. The number of hydrogen-bond acceptors (Lipinski definition) is 4. The van der Waals surface area contributed by atoms with E-state index in [0.717, 1.165) is 0 Å². The summed E-state index contributed by atoms with van der Waals surface area (Å²) >= 11 is 0. The van der Waals surface area contributed by atoms with Crippen molar-refractivity contribution in [3.8, 4) is 5.75 Å². The van der Waals surface area contributed by atoms with Gasteiger partial charge in [-0.3, -0.25) is 4.79 Å². The standard InChI is InChI=1S/C10H14N2O3/c1-15-9(6-11)10(14)12-7-2-4-8(13)5-3-7/h2-5,9,13H,6,11H2,1H3,(H,12,14). The van der Waals surface area contributed by atoms with E-state index < -0.39 is 6.10 Å². The predicted octanol–water partition coefficient (Wildman–Crippen LogP) is 0.304. The first kappa shape index (κ1) is 11.5. The van der Waals surface area contributed by atoms with Crippen LogP contribution in [0.25, 0.3) is 0 Å². The lowest BCUT2D eigenvalue weighted by Gasteiger charge is -2.12. The molecule has 0 heterocycles. The highest BCUT2D eigenvalue weighted by Gasteiger charge is 2.15. The molecule has 82 valence electrons. The van der Waals surface area contributed by atoms with E-state index in [9.17, 15) is 4.79 Å². The van der Waals surface area contributed by atoms with Crippen LogP contribution in [0.15, 0.2) is 24.3 Å². The normalized spacial score (nSPS) is 12.1. The van der Waals surface area contributed by atoms with Crippen molar-refractivity contribution < 1.29 is 14.6 Å². The van der Waals surface area contributed by atoms with Gasteiger partial charge in [0, 0.05) is 19.3 Å². The van der Waals surface area contributed by atoms with Crippen molar-refractivity contribution in [2.24, 2.45) is 5.73 Å². The highest BCUT2D eigenvalue weighted by molar-refractivity contribution is 5.94. The van der Waals surface area contributed by atoms with E-state index in [1.165, 1.54) is 19.2 Å². The molecule has 0 aliphatic heterocycles. The summed E-state index contributed by atoms with van der Waals surface area (Å²) in [6.45, 7) is 0.125. The van der Waals surface area contributed by atoms with Gasteiger partial charge in [-0.25, -0.2) is 0 Å². The third-order valence-corrected chi connectivity index (χ3v) is 1.93. The Morgan fingerprint density at radius 3 is 2.60 bits per heavy atom. The fourth-order valence-corrected chi connectivity index (χ4v) is 1.08. The van der Waals surface area contributed by atoms with Gasteiger partial charge in [-0.15, -0.1) is 0 Å². The summed E-state index contributed by atoms with van der Waals surface area (Å²) in [7, 11) is 1.42. The molecule has 1 rings (SSSR count). The summed E-state index contributed by atoms with van der Waals surface area (Å²) < 4.78 is 4.87. The van der Waals surface area contributed by atoms with Crippen LogP contribution >= 0.6 is 0 Å². The Morgan fingerprint density at radius 2 is 2.13 bits per heavy atom. The van der Waals surface area contributed by atoms with Crippen molar-refractivity contribution >= 4 is 11.6 Å². The van der Waals surface area contributed by atoms with Crippen molar-refractivity contribution in [1.29, 1.82) is 0 Å². The fourth-order valence-electron chi connectivity index (χ4n) is 1.08. The first-order valence-electron chi connectivity index (χ1n) is 4.50. The molecule has 0 saturated heterocycles. The number of phenols is 1. The average Bonchev–Trinajstić information content (AvgIpc) is 2.23. The molecule has 1 aromatic rings. The quantitative estimate of drug-likeness (QED) is 0.624. The number of ether oxygens (including phenoxy) is 1. The second-order valence-corrected chi connectivity index (χ2v) is 3.00. The molecule has 0 radical (unpaired) electrons. The van der Waals surface area contributed by atoms with Crippen LogP contribution in [0.4, 0.5) is 5.69 Å². The van der Waals surface area contributed by atoms with E-state index in [1.807, 2.05) is 0 Å². The van der Waals surface area contributed by atoms with E-state index in [4.69, 9.17) is 15.6 Å². The van der Waals surface area contributed by atoms with E-state index in [0.29, 0.717) is 5.69 Å². The summed E-state index contributed by atoms with van der Waals surface area (Å²) in [5, 5.41) is 11.7. The number of benzene rings is 1. The minimum Gasteiger partial charge on any atom is -0.508 e. The van der Waals surface area contributed by atoms with Crippen LogP contribution < -0.4 is 11.1 Å². The first-order valence-corrected chi connectivity index (χ1v) is 4.50. The molecule has 0 spiro atoms. The number of carbonyl (C=O) groups is 1. The topological polar surface area (TPSA) is 84.6 Å². The van der Waals surface area contributed by atoms with Gasteiger partial charge in [0.2, 0.25) is 0 Å². The summed E-state index contributed by atoms with van der Waals surface area (Å²) in [6.07, 6.45) is -0.654. The van der Waals surface area contributed by atoms with Gasteiger partial charge in [-0.2, -0.15) is 0 Å². The van der Waals surface area contributed by atoms with Crippen LogP contribution in [0.5, 0.6) is 5.75 Å². The zero-order valence-electron chi connectivity index (χ0n) is 8.43. The van der Waals surface area contributed by atoms with Crippen LogP contribution in [0.1, 0.15) is 0 Å². The Morgan fingerprint density at radius 1 is 1.53 bits per heavy atom. The van der Waals surface area contributed by atoms with Gasteiger partial charge in [0.1, 0.15) is 11.9 Å². The van der Waals surface area contributed by atoms with E-state index >= 15 is 0 Å². The van der Waals surface area contributed by atoms with E-state index in [2.05, 4.69) is 5.32 Å². The molecule has 1 unspecified atom stereocenters. The zero-order valence-corrected chi connectivity index (χ0v) is 8.43. The van der Waals surface area contributed by atoms with Crippen molar-refractivity contribution in [3.05, 3.63) is 24.3 Å². The molecule has 0 saturated carbocycles. The van der Waals surface area contributed by atoms with Gasteiger partial charge in [-0.1, -0.05) is 0 Å². The molecule has 15 heavy (non-hydrogen) atoms. The monoisotopic (exact) mass is 210 g/mol. The van der Waals surface area contributed by atoms with Crippen molar-refractivity contribution in [2.45, 2.75) is 6.10 Å². The number of methoxy groups -OCH3 is 1. The zero-order chi connectivity index (χ0) is 11.3. The Bertz CT molecular complexity index is 320. The fraction of sp³-hybridized carbons (Fsp3) is 0.300. The Labute approximate surface area is 87.9 Å². The molecular formula is C10H14N2O3. The molecule has 0 aromatic heterocycles. The van der Waals surface area contributed by atoms with Gasteiger partial charge in [0.25, 0.3) is 5.91 Å². The highest BCUT2D eigenvalue weighted by Crippen LogP contribution is 2.13. The third-order valence-electron chi connectivity index (χ3n) is 1.93. The number of nitrogens with one attached hydrogen (secondary N) is 1. The second-order valence-electron chi connectivity index (χ2n) is 3.00. The van der Waals surface area contributed by atoms with Gasteiger partial charge in [0.05, 0.1) is 0 Å². The Balaban J connectivity index is 2.61. The predicted molar refractivity (Wildman–Crippen MR) is 56.6 cm³/mol. The molecular weight excluding hydrogens is 196 g/mol. The molecule has 0 aliphatic rings. The largest absolute Gasteiger partial charge is 0.508 e. The number of anilines is 1. The smallest absolute Gasteiger partial charge is 0.254 e. The molecule has 0 fully saturated rings. The number of carbonyl (C=O) groups excluding carboxylic acids is 1. The number of amides is 1. The summed E-state index contributed by atoms with van der Waals surface area (Å²) in [5.41, 5.74) is 5.93. The molecule has 1 amide bonds. The summed E-state index contributed by atoms with van der Waals surface area (Å²) in [4.78, 5) is 11.5. The molecule has 0 aliphatic carbocycles. The number of aromatic hydroxyl groups is 1. The lowest BCUT2D eigenvalue weighted by atomic mass is 10.2. The van der Waals surface area contributed by atoms with Crippen molar-refractivity contribution in [2.75, 3.05) is 19.0 Å². The molecule has 1 aromatic carbocycles. The SMILES string of the molecule is COC(CN)C(=O)Nc1ccc(O)cc1. The van der Waals surface area contributed by atoms with Crippen LogP contribution in [-0.2, 0) is 9.53 Å². The van der Waals surface area contributed by atoms with Gasteiger partial charge < -0.3 is 20.9 Å². The minimum atomic E-state index is -0.654. The minimum absolute atomic E-state index is 0.125. The Kier molecular flexibility index (Phi) is 4.08. The molecule has 1 atom stereocenters. The highest BCUT2D eigenvalue weighted by atomic mass is 16.5. The number of hydrogen-bond donors (Lipinski definition) is 3. The van der Waals surface area contributed by atoms with Gasteiger partial charge in [0.15, 0.2) is 0 Å². The van der Waals surface area contributed by atoms with Crippen LogP contribution in [0.3, 0.4) is 0 Å². The molecule has 5 nitrogen and oxygen atoms in total. The summed E-state index contributed by atoms with van der Waals surface area (Å²) in [5.74, 6) is -0.152. The van der Waals surface area contributed by atoms with Crippen LogP contribution in [-0.4, -0.2) is 30.8 Å². The number of phenolic OH excluding ortho intramolecular Hbond substituents is 1. The molecule has 0 bridgehead atoms. The lowest BCUT2D eigenvalue weighted by Crippen LogP contribution is -2.35. The maximum atomic E-state index is 11.5. The van der Waals surface area contributed by atoms with Crippen molar-refractivity contribution in [3.63, 3.8) is 0 Å². The average molecular weight is 210 g/mol. The lowest BCUT2D eigenvalue weighted by molar-refractivity contribution is -0.125. The maximum Gasteiger partial charge on any atom is 0.254 e. The number of nitrogens with two attached hydrogens (primary N) is 1. The third kappa shape index (κ3) is 3.23. The maximum absolute atomic E-state index is 11.5. The first-order chi connectivity index (χ1) is 7.17. The van der Waals surface area contributed by atoms with Crippen LogP contribution in [0.2, 0.25) is 0 Å². The van der Waals surface area contributed by atoms with Crippen molar-refractivity contribution in [1.82, 2.24) is 0 Å². The number of rotatable bonds is 4. The van der Waals surface area contributed by atoms with E-state index in [1.54, 1.807) is 12.1 Å². The Hall–Kier alpha value is -1.59. The van der Waals surface area contributed by atoms with Crippen LogP contribution in [0, 0.1) is 0 Å². The van der Waals surface area contributed by atoms with Gasteiger partial charge in [-0.05, 0) is 24.3 Å². The summed E-state index contributed by atoms with van der Waals surface area (Å²) in [6, 6.07) is 6.16. The van der Waals surface area contributed by atoms with E-state index in [-0.39, 0.29) is 18.2 Å². The second kappa shape index (κ2) is 5.33. The van der Waals surface area contributed by atoms with Gasteiger partial charge >= 0.3 is 0 Å². The molecule has 4 N–H and O–H groups in total.